The molecule has 2 unspecified atom stereocenters. The third-order valence-corrected chi connectivity index (χ3v) is 7.34. The highest BCUT2D eigenvalue weighted by atomic mass is 16.5. The van der Waals surface area contributed by atoms with Gasteiger partial charge in [0.05, 0.1) is 12.7 Å². The Morgan fingerprint density at radius 2 is 1.36 bits per heavy atom. The van der Waals surface area contributed by atoms with Crippen LogP contribution in [0.2, 0.25) is 0 Å². The maximum Gasteiger partial charge on any atom is 0.407 e. The number of carboxylic acids is 1. The zero-order valence-corrected chi connectivity index (χ0v) is 23.2. The van der Waals surface area contributed by atoms with Crippen LogP contribution in [0.4, 0.5) is 10.5 Å². The second-order valence-electron chi connectivity index (χ2n) is 10.1. The summed E-state index contributed by atoms with van der Waals surface area (Å²) in [6, 6.07) is 32.7. The van der Waals surface area contributed by atoms with E-state index in [-0.39, 0.29) is 19.1 Å². The van der Waals surface area contributed by atoms with Crippen molar-refractivity contribution in [3.63, 3.8) is 0 Å². The van der Waals surface area contributed by atoms with Crippen molar-refractivity contribution in [2.75, 3.05) is 18.1 Å². The quantitative estimate of drug-likeness (QED) is 0.245. The zero-order chi connectivity index (χ0) is 29.5. The molecule has 0 radical (unpaired) electrons. The van der Waals surface area contributed by atoms with Crippen LogP contribution in [0, 0.1) is 0 Å². The highest BCUT2D eigenvalue weighted by Gasteiger charge is 2.35. The van der Waals surface area contributed by atoms with E-state index in [1.807, 2.05) is 66.7 Å². The fourth-order valence-electron chi connectivity index (χ4n) is 5.25. The van der Waals surface area contributed by atoms with Gasteiger partial charge in [-0.15, -0.1) is 0 Å². The Kier molecular flexibility index (Phi) is 8.94. The predicted octanol–water partition coefficient (Wildman–Crippen LogP) is 5.62. The molecule has 214 valence electrons. The van der Waals surface area contributed by atoms with Crippen LogP contribution in [-0.4, -0.2) is 48.4 Å². The Morgan fingerprint density at radius 3 is 1.95 bits per heavy atom. The maximum absolute atomic E-state index is 13.9. The van der Waals surface area contributed by atoms with Crippen LogP contribution in [0.5, 0.6) is 0 Å². The molecule has 0 spiro atoms. The molecule has 2 amide bonds. The first kappa shape index (κ1) is 28.6. The van der Waals surface area contributed by atoms with Gasteiger partial charge in [0.25, 0.3) is 5.91 Å². The number of rotatable bonds is 11. The molecule has 1 aliphatic rings. The molecule has 2 atom stereocenters. The molecule has 2 N–H and O–H groups in total. The predicted molar refractivity (Wildman–Crippen MR) is 159 cm³/mol. The van der Waals surface area contributed by atoms with E-state index in [0.717, 1.165) is 32.7 Å². The Hall–Kier alpha value is -4.95. The molecule has 0 fully saturated rings. The molecule has 0 bridgehead atoms. The third-order valence-electron chi connectivity index (χ3n) is 7.34. The summed E-state index contributed by atoms with van der Waals surface area (Å²) < 4.78 is 11.7. The van der Waals surface area contributed by atoms with Crippen molar-refractivity contribution in [2.24, 2.45) is 0 Å². The van der Waals surface area contributed by atoms with Crippen molar-refractivity contribution in [1.82, 2.24) is 5.32 Å². The molecule has 8 nitrogen and oxygen atoms in total. The number of hydrogen-bond donors (Lipinski definition) is 2. The van der Waals surface area contributed by atoms with Crippen molar-refractivity contribution in [1.29, 1.82) is 0 Å². The number of aliphatic carboxylic acids is 1. The monoisotopic (exact) mass is 564 g/mol. The summed E-state index contributed by atoms with van der Waals surface area (Å²) in [4.78, 5) is 39.9. The van der Waals surface area contributed by atoms with Crippen molar-refractivity contribution in [3.05, 3.63) is 126 Å². The van der Waals surface area contributed by atoms with Gasteiger partial charge in [-0.3, -0.25) is 14.5 Å². The van der Waals surface area contributed by atoms with Gasteiger partial charge >= 0.3 is 12.1 Å². The molecule has 1 aliphatic carbocycles. The number of nitrogens with one attached hydrogen (secondary N) is 1. The fraction of sp³-hybridized carbons (Fsp3) is 0.206. The van der Waals surface area contributed by atoms with Crippen LogP contribution in [-0.2, 0) is 25.7 Å². The lowest BCUT2D eigenvalue weighted by atomic mass is 9.98. The molecule has 4 aromatic carbocycles. The molecular weight excluding hydrogens is 532 g/mol. The number of para-hydroxylation sites is 1. The van der Waals surface area contributed by atoms with Crippen molar-refractivity contribution >= 4 is 23.7 Å². The number of alkyl carbamates (subject to hydrolysis) is 1. The molecule has 0 saturated carbocycles. The minimum atomic E-state index is -1.22. The summed E-state index contributed by atoms with van der Waals surface area (Å²) in [5, 5.41) is 12.3. The smallest absolute Gasteiger partial charge is 0.407 e. The zero-order valence-electron chi connectivity index (χ0n) is 23.2. The number of benzene rings is 4. The number of hydrogen-bond acceptors (Lipinski definition) is 5. The second-order valence-corrected chi connectivity index (χ2v) is 10.1. The number of carbonyl (C=O) groups excluding carboxylic acids is 2. The van der Waals surface area contributed by atoms with E-state index in [2.05, 4.69) is 17.4 Å². The molecule has 0 heterocycles. The van der Waals surface area contributed by atoms with E-state index in [9.17, 15) is 19.5 Å². The molecule has 5 rings (SSSR count). The van der Waals surface area contributed by atoms with Crippen LogP contribution in [0.25, 0.3) is 11.1 Å². The van der Waals surface area contributed by atoms with Crippen LogP contribution >= 0.6 is 0 Å². The number of anilines is 1. The minimum Gasteiger partial charge on any atom is -0.480 e. The topological polar surface area (TPSA) is 105 Å². The van der Waals surface area contributed by atoms with E-state index < -0.39 is 36.7 Å². The van der Waals surface area contributed by atoms with E-state index >= 15 is 0 Å². The molecule has 8 heteroatoms. The lowest BCUT2D eigenvalue weighted by Gasteiger charge is -2.30. The van der Waals surface area contributed by atoms with Gasteiger partial charge in [-0.1, -0.05) is 97.1 Å². The number of fused-ring (bicyclic) bond motifs is 3. The van der Waals surface area contributed by atoms with E-state index in [0.29, 0.717) is 5.69 Å². The molecule has 0 aromatic heterocycles. The minimum absolute atomic E-state index is 0.0670. The normalized spacial score (nSPS) is 13.4. The van der Waals surface area contributed by atoms with Gasteiger partial charge in [0.2, 0.25) is 0 Å². The first-order valence-electron chi connectivity index (χ1n) is 13.8. The average molecular weight is 565 g/mol. The van der Waals surface area contributed by atoms with Gasteiger partial charge in [0, 0.05) is 11.6 Å². The second kappa shape index (κ2) is 13.1. The highest BCUT2D eigenvalue weighted by molar-refractivity contribution is 6.02. The summed E-state index contributed by atoms with van der Waals surface area (Å²) in [5.74, 6) is -1.97. The highest BCUT2D eigenvalue weighted by Crippen LogP contribution is 2.44. The summed E-state index contributed by atoms with van der Waals surface area (Å²) in [6.07, 6.45) is -1.60. The Morgan fingerprint density at radius 1 is 0.810 bits per heavy atom. The van der Waals surface area contributed by atoms with Crippen molar-refractivity contribution in [3.8, 4) is 11.1 Å². The van der Waals surface area contributed by atoms with Gasteiger partial charge in [-0.25, -0.2) is 4.79 Å². The largest absolute Gasteiger partial charge is 0.480 e. The van der Waals surface area contributed by atoms with Gasteiger partial charge in [-0.05, 0) is 46.9 Å². The van der Waals surface area contributed by atoms with Crippen LogP contribution in [0.15, 0.2) is 109 Å². The molecule has 0 aliphatic heterocycles. The standard InChI is InChI=1S/C34H32N2O6/c1-23(41-21-24-12-4-2-5-13-24)32(33(39)36(20-31(37)38)25-14-6-3-7-15-25)35-34(40)42-22-30-28-18-10-8-16-26(28)27-17-9-11-19-29(27)30/h2-19,23,30,32H,20-22H2,1H3,(H,35,40)(H,37,38). The lowest BCUT2D eigenvalue weighted by Crippen LogP contribution is -2.55. The molecule has 4 aromatic rings. The average Bonchev–Trinajstić information content (AvgIpc) is 3.34. The SMILES string of the molecule is CC(OCc1ccccc1)C(NC(=O)OCC1c2ccccc2-c2ccccc21)C(=O)N(CC(=O)O)c1ccccc1. The first-order valence-corrected chi connectivity index (χ1v) is 13.8. The summed E-state index contributed by atoms with van der Waals surface area (Å²) >= 11 is 0. The van der Waals surface area contributed by atoms with Gasteiger partial charge < -0.3 is 19.9 Å². The fourth-order valence-corrected chi connectivity index (χ4v) is 5.25. The number of ether oxygens (including phenoxy) is 2. The Balaban J connectivity index is 1.34. The molecular formula is C34H32N2O6. The van der Waals surface area contributed by atoms with Crippen LogP contribution < -0.4 is 10.2 Å². The van der Waals surface area contributed by atoms with Crippen molar-refractivity contribution in [2.45, 2.75) is 31.6 Å². The van der Waals surface area contributed by atoms with Gasteiger partial charge in [-0.2, -0.15) is 0 Å². The van der Waals surface area contributed by atoms with E-state index in [1.165, 1.54) is 0 Å². The molecule has 42 heavy (non-hydrogen) atoms. The first-order chi connectivity index (χ1) is 20.4. The lowest BCUT2D eigenvalue weighted by molar-refractivity contribution is -0.137. The number of carbonyl (C=O) groups is 3. The van der Waals surface area contributed by atoms with Crippen molar-refractivity contribution < 1.29 is 29.0 Å². The van der Waals surface area contributed by atoms with E-state index in [1.54, 1.807) is 37.3 Å². The van der Waals surface area contributed by atoms with Gasteiger partial charge in [0.15, 0.2) is 0 Å². The van der Waals surface area contributed by atoms with E-state index in [4.69, 9.17) is 9.47 Å². The Bertz CT molecular complexity index is 1500. The Labute approximate surface area is 244 Å². The maximum atomic E-state index is 13.9. The van der Waals surface area contributed by atoms with Crippen LogP contribution in [0.3, 0.4) is 0 Å². The number of amides is 2. The van der Waals surface area contributed by atoms with Gasteiger partial charge in [0.1, 0.15) is 19.2 Å². The summed E-state index contributed by atoms with van der Waals surface area (Å²) in [5.41, 5.74) is 5.61. The summed E-state index contributed by atoms with van der Waals surface area (Å²) in [6.45, 7) is 1.34. The number of nitrogens with zero attached hydrogens (tertiary/aromatic N) is 1. The summed E-state index contributed by atoms with van der Waals surface area (Å²) in [7, 11) is 0. The number of carboxylic acid groups (broad SMARTS) is 1. The molecule has 0 saturated heterocycles. The van der Waals surface area contributed by atoms with Crippen LogP contribution in [0.1, 0.15) is 29.5 Å². The third kappa shape index (κ3) is 6.50.